The monoisotopic (exact) mass is 236 g/mol. The molecule has 0 amide bonds. The summed E-state index contributed by atoms with van der Waals surface area (Å²) in [6.45, 7) is -0.0983. The highest BCUT2D eigenvalue weighted by Gasteiger charge is 2.11. The fourth-order valence-corrected chi connectivity index (χ4v) is 1.50. The molecule has 0 aromatic heterocycles. The molecule has 0 heterocycles. The molecule has 0 aromatic carbocycles. The summed E-state index contributed by atoms with van der Waals surface area (Å²) in [4.78, 5) is 0. The van der Waals surface area contributed by atoms with Gasteiger partial charge in [0.1, 0.15) is 0 Å². The lowest BCUT2D eigenvalue weighted by Gasteiger charge is -2.15. The van der Waals surface area contributed by atoms with E-state index in [1.807, 2.05) is 0 Å². The summed E-state index contributed by atoms with van der Waals surface area (Å²) in [5.41, 5.74) is 0. The summed E-state index contributed by atoms with van der Waals surface area (Å²) in [5, 5.41) is 45.3. The molecule has 0 saturated heterocycles. The first-order chi connectivity index (χ1) is 7.60. The molecule has 5 nitrogen and oxygen atoms in total. The lowest BCUT2D eigenvalue weighted by molar-refractivity contribution is 0.0724. The van der Waals surface area contributed by atoms with Crippen molar-refractivity contribution in [2.45, 2.75) is 56.8 Å². The first-order valence-electron chi connectivity index (χ1n) is 5.86. The van der Waals surface area contributed by atoms with Gasteiger partial charge in [-0.05, 0) is 38.5 Å². The highest BCUT2D eigenvalue weighted by molar-refractivity contribution is 4.64. The third-order valence-corrected chi connectivity index (χ3v) is 2.59. The van der Waals surface area contributed by atoms with Gasteiger partial charge in [-0.2, -0.15) is 0 Å². The predicted octanol–water partition coefficient (Wildman–Crippen LogP) is -0.606. The van der Waals surface area contributed by atoms with Crippen LogP contribution in [-0.4, -0.2) is 57.1 Å². The van der Waals surface area contributed by atoms with Crippen LogP contribution < -0.4 is 0 Å². The van der Waals surface area contributed by atoms with Gasteiger partial charge in [-0.1, -0.05) is 0 Å². The van der Waals surface area contributed by atoms with Crippen molar-refractivity contribution in [1.82, 2.24) is 0 Å². The van der Waals surface area contributed by atoms with Crippen molar-refractivity contribution in [2.75, 3.05) is 13.2 Å². The molecule has 5 N–H and O–H groups in total. The van der Waals surface area contributed by atoms with E-state index in [-0.39, 0.29) is 13.2 Å². The lowest BCUT2D eigenvalue weighted by atomic mass is 10.0. The van der Waals surface area contributed by atoms with Crippen LogP contribution in [0.4, 0.5) is 0 Å². The molecule has 0 saturated carbocycles. The van der Waals surface area contributed by atoms with Crippen molar-refractivity contribution in [3.63, 3.8) is 0 Å². The molecule has 2 unspecified atom stereocenters. The summed E-state index contributed by atoms with van der Waals surface area (Å²) in [6, 6.07) is 0. The number of hydrogen-bond donors (Lipinski definition) is 5. The average molecular weight is 236 g/mol. The third kappa shape index (κ3) is 9.06. The molecule has 0 spiro atoms. The largest absolute Gasteiger partial charge is 0.396 e. The van der Waals surface area contributed by atoms with Crippen LogP contribution in [0.25, 0.3) is 0 Å². The van der Waals surface area contributed by atoms with Crippen molar-refractivity contribution in [3.05, 3.63) is 0 Å². The molecule has 0 radical (unpaired) electrons. The summed E-state index contributed by atoms with van der Waals surface area (Å²) < 4.78 is 0. The molecule has 0 aliphatic heterocycles. The fourth-order valence-electron chi connectivity index (χ4n) is 1.50. The minimum Gasteiger partial charge on any atom is -0.396 e. The van der Waals surface area contributed by atoms with Crippen LogP contribution in [-0.2, 0) is 0 Å². The van der Waals surface area contributed by atoms with Gasteiger partial charge in [0, 0.05) is 13.2 Å². The molecule has 5 heteroatoms. The predicted molar refractivity (Wildman–Crippen MR) is 59.9 cm³/mol. The Hall–Kier alpha value is -0.200. The van der Waals surface area contributed by atoms with Gasteiger partial charge in [-0.15, -0.1) is 0 Å². The molecule has 2 atom stereocenters. The summed E-state index contributed by atoms with van der Waals surface area (Å²) >= 11 is 0. The van der Waals surface area contributed by atoms with E-state index < -0.39 is 18.3 Å². The van der Waals surface area contributed by atoms with E-state index in [1.54, 1.807) is 0 Å². The van der Waals surface area contributed by atoms with Gasteiger partial charge in [0.2, 0.25) is 0 Å². The summed E-state index contributed by atoms with van der Waals surface area (Å²) in [7, 11) is 0. The SMILES string of the molecule is OCCC(O)CCC(O)CCC(O)CCO. The Morgan fingerprint density at radius 1 is 0.500 bits per heavy atom. The van der Waals surface area contributed by atoms with Crippen molar-refractivity contribution >= 4 is 0 Å². The molecule has 0 rings (SSSR count). The topological polar surface area (TPSA) is 101 Å². The normalized spacial score (nSPS) is 17.1. The molecule has 0 fully saturated rings. The molecule has 16 heavy (non-hydrogen) atoms. The van der Waals surface area contributed by atoms with Crippen LogP contribution in [0.1, 0.15) is 38.5 Å². The van der Waals surface area contributed by atoms with Gasteiger partial charge in [0.15, 0.2) is 0 Å². The second kappa shape index (κ2) is 9.99. The molecular formula is C11H24O5. The molecule has 0 aromatic rings. The minimum atomic E-state index is -0.568. The maximum atomic E-state index is 9.54. The van der Waals surface area contributed by atoms with Gasteiger partial charge >= 0.3 is 0 Å². The van der Waals surface area contributed by atoms with Crippen molar-refractivity contribution < 1.29 is 25.5 Å². The number of aliphatic hydroxyl groups excluding tert-OH is 5. The Balaban J connectivity index is 3.46. The van der Waals surface area contributed by atoms with Gasteiger partial charge in [0.05, 0.1) is 18.3 Å². The Bertz CT molecular complexity index is 137. The quantitative estimate of drug-likeness (QED) is 0.348. The van der Waals surface area contributed by atoms with E-state index in [1.165, 1.54) is 0 Å². The zero-order chi connectivity index (χ0) is 12.4. The minimum absolute atomic E-state index is 0.0491. The Morgan fingerprint density at radius 2 is 0.750 bits per heavy atom. The second-order valence-corrected chi connectivity index (χ2v) is 4.14. The first kappa shape index (κ1) is 15.8. The molecule has 0 bridgehead atoms. The van der Waals surface area contributed by atoms with Gasteiger partial charge in [0.25, 0.3) is 0 Å². The van der Waals surface area contributed by atoms with Crippen LogP contribution in [0, 0.1) is 0 Å². The van der Waals surface area contributed by atoms with E-state index in [0.717, 1.165) is 0 Å². The van der Waals surface area contributed by atoms with Crippen LogP contribution in [0.15, 0.2) is 0 Å². The number of rotatable bonds is 10. The van der Waals surface area contributed by atoms with Crippen LogP contribution in [0.2, 0.25) is 0 Å². The second-order valence-electron chi connectivity index (χ2n) is 4.14. The number of aliphatic hydroxyl groups is 5. The standard InChI is InChI=1S/C11H24O5/c12-7-5-10(15)3-1-9(14)2-4-11(16)6-8-13/h9-16H,1-8H2. The zero-order valence-corrected chi connectivity index (χ0v) is 9.62. The molecule has 98 valence electrons. The van der Waals surface area contributed by atoms with Crippen LogP contribution >= 0.6 is 0 Å². The van der Waals surface area contributed by atoms with Crippen molar-refractivity contribution in [2.24, 2.45) is 0 Å². The van der Waals surface area contributed by atoms with E-state index in [0.29, 0.717) is 38.5 Å². The van der Waals surface area contributed by atoms with Crippen LogP contribution in [0.3, 0.4) is 0 Å². The first-order valence-corrected chi connectivity index (χ1v) is 5.86. The highest BCUT2D eigenvalue weighted by atomic mass is 16.3. The smallest absolute Gasteiger partial charge is 0.0563 e. The van der Waals surface area contributed by atoms with E-state index >= 15 is 0 Å². The average Bonchev–Trinajstić information content (AvgIpc) is 2.24. The molecule has 0 aliphatic carbocycles. The van der Waals surface area contributed by atoms with Gasteiger partial charge in [-0.3, -0.25) is 0 Å². The van der Waals surface area contributed by atoms with E-state index in [9.17, 15) is 15.3 Å². The van der Waals surface area contributed by atoms with Crippen molar-refractivity contribution in [1.29, 1.82) is 0 Å². The summed E-state index contributed by atoms with van der Waals surface area (Å²) in [5.74, 6) is 0. The fraction of sp³-hybridized carbons (Fsp3) is 1.00. The molecular weight excluding hydrogens is 212 g/mol. The Kier molecular flexibility index (Phi) is 9.86. The third-order valence-electron chi connectivity index (χ3n) is 2.59. The number of hydrogen-bond acceptors (Lipinski definition) is 5. The Labute approximate surface area is 96.4 Å². The Morgan fingerprint density at radius 3 is 1.00 bits per heavy atom. The van der Waals surface area contributed by atoms with E-state index in [2.05, 4.69) is 0 Å². The van der Waals surface area contributed by atoms with E-state index in [4.69, 9.17) is 10.2 Å². The maximum Gasteiger partial charge on any atom is 0.0563 e. The van der Waals surface area contributed by atoms with Gasteiger partial charge < -0.3 is 25.5 Å². The van der Waals surface area contributed by atoms with Crippen LogP contribution in [0.5, 0.6) is 0 Å². The highest BCUT2D eigenvalue weighted by Crippen LogP contribution is 2.11. The lowest BCUT2D eigenvalue weighted by Crippen LogP contribution is -2.17. The van der Waals surface area contributed by atoms with Gasteiger partial charge in [-0.25, -0.2) is 0 Å². The summed E-state index contributed by atoms with van der Waals surface area (Å²) in [6.07, 6.45) is 0.834. The maximum absolute atomic E-state index is 9.54. The zero-order valence-electron chi connectivity index (χ0n) is 9.62. The molecule has 0 aliphatic rings. The van der Waals surface area contributed by atoms with Crippen molar-refractivity contribution in [3.8, 4) is 0 Å².